The number of nitro groups is 1. The lowest BCUT2D eigenvalue weighted by Gasteiger charge is -2.10. The van der Waals surface area contributed by atoms with Gasteiger partial charge in [0.2, 0.25) is 0 Å². The summed E-state index contributed by atoms with van der Waals surface area (Å²) in [6, 6.07) is 11.7. The lowest BCUT2D eigenvalue weighted by atomic mass is 10.1. The monoisotopic (exact) mass is 406 g/mol. The number of benzene rings is 2. The highest BCUT2D eigenvalue weighted by Crippen LogP contribution is 2.27. The summed E-state index contributed by atoms with van der Waals surface area (Å²) < 4.78 is 2.15. The maximum absolute atomic E-state index is 12.7. The molecule has 2 aromatic carbocycles. The van der Waals surface area contributed by atoms with E-state index in [1.807, 2.05) is 18.2 Å². The van der Waals surface area contributed by atoms with Crippen LogP contribution in [0.2, 0.25) is 0 Å². The largest absolute Gasteiger partial charge is 0.383 e. The number of amides is 1. The molecule has 2 heterocycles. The minimum atomic E-state index is -0.514. The van der Waals surface area contributed by atoms with Crippen LogP contribution in [0, 0.1) is 10.1 Å². The number of anilines is 2. The van der Waals surface area contributed by atoms with Crippen molar-refractivity contribution in [1.29, 1.82) is 0 Å². The first-order valence-corrected chi connectivity index (χ1v) is 9.87. The summed E-state index contributed by atoms with van der Waals surface area (Å²) in [5.41, 5.74) is 1.87. The van der Waals surface area contributed by atoms with Gasteiger partial charge in [-0.1, -0.05) is 18.6 Å². The molecular formula is C21H22N6O3. The van der Waals surface area contributed by atoms with Gasteiger partial charge in [0.15, 0.2) is 5.82 Å². The van der Waals surface area contributed by atoms with E-state index in [2.05, 4.69) is 25.4 Å². The van der Waals surface area contributed by atoms with Crippen molar-refractivity contribution in [3.05, 3.63) is 64.0 Å². The molecule has 30 heavy (non-hydrogen) atoms. The molecule has 3 aromatic rings. The van der Waals surface area contributed by atoms with E-state index >= 15 is 0 Å². The molecule has 0 saturated carbocycles. The van der Waals surface area contributed by atoms with Crippen molar-refractivity contribution < 1.29 is 9.72 Å². The Labute approximate surface area is 173 Å². The lowest BCUT2D eigenvalue weighted by molar-refractivity contribution is -0.384. The molecule has 0 atom stereocenters. The molecule has 0 bridgehead atoms. The van der Waals surface area contributed by atoms with Crippen molar-refractivity contribution in [2.45, 2.75) is 32.2 Å². The van der Waals surface area contributed by atoms with Gasteiger partial charge in [0.05, 0.1) is 4.92 Å². The van der Waals surface area contributed by atoms with Crippen LogP contribution in [-0.4, -0.2) is 32.6 Å². The molecule has 0 aliphatic carbocycles. The van der Waals surface area contributed by atoms with E-state index < -0.39 is 10.8 Å². The van der Waals surface area contributed by atoms with Crippen molar-refractivity contribution in [3.63, 3.8) is 0 Å². The number of carbonyl (C=O) groups excluding carboxylic acids is 1. The standard InChI is InChI=1S/C21H22N6O3/c1-22-17-10-9-15(13-18(17)27(29)30)21(28)23-16-7-5-6-14(12-16)20-25-24-19-8-3-2-4-11-26(19)20/h5-7,9-10,12-13,22H,2-4,8,11H2,1H3,(H,23,28). The molecule has 4 rings (SSSR count). The molecule has 1 aliphatic heterocycles. The van der Waals surface area contributed by atoms with Gasteiger partial charge >= 0.3 is 0 Å². The number of nitro benzene ring substituents is 1. The zero-order valence-electron chi connectivity index (χ0n) is 16.6. The quantitative estimate of drug-likeness (QED) is 0.491. The summed E-state index contributed by atoms with van der Waals surface area (Å²) in [7, 11) is 1.60. The van der Waals surface area contributed by atoms with Crippen LogP contribution in [-0.2, 0) is 13.0 Å². The van der Waals surface area contributed by atoms with Crippen LogP contribution in [0.5, 0.6) is 0 Å². The van der Waals surface area contributed by atoms with E-state index in [1.54, 1.807) is 19.2 Å². The van der Waals surface area contributed by atoms with Gasteiger partial charge in [-0.05, 0) is 37.1 Å². The minimum Gasteiger partial charge on any atom is -0.383 e. The molecule has 0 fully saturated rings. The number of carbonyl (C=O) groups is 1. The van der Waals surface area contributed by atoms with Crippen LogP contribution in [0.15, 0.2) is 42.5 Å². The van der Waals surface area contributed by atoms with Gasteiger partial charge in [-0.25, -0.2) is 0 Å². The van der Waals surface area contributed by atoms with Crippen molar-refractivity contribution in [2.75, 3.05) is 17.7 Å². The molecule has 9 nitrogen and oxygen atoms in total. The van der Waals surface area contributed by atoms with E-state index in [0.29, 0.717) is 11.4 Å². The first-order valence-electron chi connectivity index (χ1n) is 9.87. The van der Waals surface area contributed by atoms with Gasteiger partial charge in [-0.15, -0.1) is 10.2 Å². The minimum absolute atomic E-state index is 0.148. The summed E-state index contributed by atoms with van der Waals surface area (Å²) in [5.74, 6) is 1.36. The van der Waals surface area contributed by atoms with E-state index in [0.717, 1.165) is 43.0 Å². The Hall–Kier alpha value is -3.75. The summed E-state index contributed by atoms with van der Waals surface area (Å²) in [6.07, 6.45) is 4.31. The van der Waals surface area contributed by atoms with Crippen LogP contribution < -0.4 is 10.6 Å². The number of rotatable bonds is 5. The fourth-order valence-electron chi connectivity index (χ4n) is 3.67. The molecule has 1 aliphatic rings. The normalized spacial score (nSPS) is 13.2. The predicted molar refractivity (Wildman–Crippen MR) is 114 cm³/mol. The number of fused-ring (bicyclic) bond motifs is 1. The highest BCUT2D eigenvalue weighted by molar-refractivity contribution is 6.05. The van der Waals surface area contributed by atoms with Crippen molar-refractivity contribution in [1.82, 2.24) is 14.8 Å². The van der Waals surface area contributed by atoms with Crippen LogP contribution in [0.3, 0.4) is 0 Å². The number of hydrogen-bond donors (Lipinski definition) is 2. The Kier molecular flexibility index (Phi) is 5.42. The average Bonchev–Trinajstić information content (AvgIpc) is 3.01. The zero-order valence-corrected chi connectivity index (χ0v) is 16.6. The topological polar surface area (TPSA) is 115 Å². The number of nitrogens with one attached hydrogen (secondary N) is 2. The number of hydrogen-bond acceptors (Lipinski definition) is 6. The molecule has 154 valence electrons. The number of nitrogens with zero attached hydrogens (tertiary/aromatic N) is 4. The molecule has 1 amide bonds. The smallest absolute Gasteiger partial charge is 0.293 e. The van der Waals surface area contributed by atoms with Gasteiger partial charge in [0.1, 0.15) is 11.5 Å². The second-order valence-corrected chi connectivity index (χ2v) is 7.18. The lowest BCUT2D eigenvalue weighted by Crippen LogP contribution is -2.12. The van der Waals surface area contributed by atoms with Crippen LogP contribution >= 0.6 is 0 Å². The maximum Gasteiger partial charge on any atom is 0.293 e. The summed E-state index contributed by atoms with van der Waals surface area (Å²) in [4.78, 5) is 23.4. The van der Waals surface area contributed by atoms with Crippen molar-refractivity contribution >= 4 is 23.0 Å². The third-order valence-corrected chi connectivity index (χ3v) is 5.21. The summed E-state index contributed by atoms with van der Waals surface area (Å²) in [6.45, 7) is 0.885. The summed E-state index contributed by atoms with van der Waals surface area (Å²) in [5, 5.41) is 25.5. The molecule has 9 heteroatoms. The highest BCUT2D eigenvalue weighted by Gasteiger charge is 2.18. The van der Waals surface area contributed by atoms with Gasteiger partial charge < -0.3 is 15.2 Å². The second kappa shape index (κ2) is 8.32. The Morgan fingerprint density at radius 3 is 2.80 bits per heavy atom. The fraction of sp³-hybridized carbons (Fsp3) is 0.286. The second-order valence-electron chi connectivity index (χ2n) is 7.18. The zero-order chi connectivity index (χ0) is 21.1. The maximum atomic E-state index is 12.7. The molecule has 0 spiro atoms. The Morgan fingerprint density at radius 1 is 1.13 bits per heavy atom. The summed E-state index contributed by atoms with van der Waals surface area (Å²) >= 11 is 0. The molecule has 0 radical (unpaired) electrons. The first kappa shape index (κ1) is 19.6. The average molecular weight is 406 g/mol. The molecular weight excluding hydrogens is 384 g/mol. The van der Waals surface area contributed by atoms with Crippen molar-refractivity contribution in [2.24, 2.45) is 0 Å². The Morgan fingerprint density at radius 2 is 2.00 bits per heavy atom. The third-order valence-electron chi connectivity index (χ3n) is 5.21. The van der Waals surface area contributed by atoms with Gasteiger partial charge in [0, 0.05) is 42.9 Å². The predicted octanol–water partition coefficient (Wildman–Crippen LogP) is 3.87. The van der Waals surface area contributed by atoms with E-state index in [9.17, 15) is 14.9 Å². The third kappa shape index (κ3) is 3.86. The first-order chi connectivity index (χ1) is 14.6. The molecule has 1 aromatic heterocycles. The van der Waals surface area contributed by atoms with E-state index in [1.165, 1.54) is 18.6 Å². The Balaban J connectivity index is 1.58. The SMILES string of the molecule is CNc1ccc(C(=O)Nc2cccc(-c3nnc4n3CCCCC4)c2)cc1[N+](=O)[O-]. The van der Waals surface area contributed by atoms with Crippen LogP contribution in [0.25, 0.3) is 11.4 Å². The van der Waals surface area contributed by atoms with Gasteiger partial charge in [-0.3, -0.25) is 14.9 Å². The van der Waals surface area contributed by atoms with Gasteiger partial charge in [0.25, 0.3) is 11.6 Å². The molecule has 0 unspecified atom stereocenters. The highest BCUT2D eigenvalue weighted by atomic mass is 16.6. The number of aryl methyl sites for hydroxylation is 1. The number of aromatic nitrogens is 3. The molecule has 2 N–H and O–H groups in total. The fourth-order valence-corrected chi connectivity index (χ4v) is 3.67. The van der Waals surface area contributed by atoms with E-state index in [4.69, 9.17) is 0 Å². The van der Waals surface area contributed by atoms with Gasteiger partial charge in [-0.2, -0.15) is 0 Å². The van der Waals surface area contributed by atoms with Crippen LogP contribution in [0.4, 0.5) is 17.1 Å². The Bertz CT molecular complexity index is 1110. The van der Waals surface area contributed by atoms with Crippen molar-refractivity contribution in [3.8, 4) is 11.4 Å². The molecule has 0 saturated heterocycles. The van der Waals surface area contributed by atoms with Crippen LogP contribution in [0.1, 0.15) is 35.4 Å². The van der Waals surface area contributed by atoms with E-state index in [-0.39, 0.29) is 11.3 Å².